The summed E-state index contributed by atoms with van der Waals surface area (Å²) in [5.41, 5.74) is 1.56. The smallest absolute Gasteiger partial charge is 0.300 e. The van der Waals surface area contributed by atoms with Crippen molar-refractivity contribution in [3.63, 3.8) is 0 Å². The minimum absolute atomic E-state index is 0.00464. The molecule has 6 nitrogen and oxygen atoms in total. The lowest BCUT2D eigenvalue weighted by Crippen LogP contribution is -2.29. The van der Waals surface area contributed by atoms with Crippen LogP contribution in [0.5, 0.6) is 11.5 Å². The van der Waals surface area contributed by atoms with Crippen LogP contribution < -0.4 is 14.4 Å². The second-order valence-corrected chi connectivity index (χ2v) is 7.56. The Morgan fingerprint density at radius 2 is 1.65 bits per heavy atom. The van der Waals surface area contributed by atoms with Gasteiger partial charge in [-0.1, -0.05) is 41.9 Å². The standard InChI is InChI=1S/C24H16ClNO5/c25-16-7-9-17(10-8-16)26-21(14-4-2-1-3-5-14)20(23(28)24(26)29)22(27)15-6-11-18-19(12-15)31-13-30-18/h1-12,21,27H,13H2/b22-20-. The molecule has 0 spiro atoms. The molecule has 31 heavy (non-hydrogen) atoms. The van der Waals surface area contributed by atoms with E-state index in [1.165, 1.54) is 4.90 Å². The number of hydrogen-bond donors (Lipinski definition) is 1. The van der Waals surface area contributed by atoms with Gasteiger partial charge in [0, 0.05) is 16.3 Å². The van der Waals surface area contributed by atoms with Gasteiger partial charge in [-0.15, -0.1) is 0 Å². The lowest BCUT2D eigenvalue weighted by atomic mass is 9.95. The van der Waals surface area contributed by atoms with Crippen molar-refractivity contribution in [3.8, 4) is 11.5 Å². The van der Waals surface area contributed by atoms with Crippen LogP contribution >= 0.6 is 11.6 Å². The fourth-order valence-corrected chi connectivity index (χ4v) is 3.98. The molecule has 1 unspecified atom stereocenters. The lowest BCUT2D eigenvalue weighted by Gasteiger charge is -2.25. The Labute approximate surface area is 182 Å². The van der Waals surface area contributed by atoms with Gasteiger partial charge in [-0.2, -0.15) is 0 Å². The van der Waals surface area contributed by atoms with Gasteiger partial charge >= 0.3 is 0 Å². The van der Waals surface area contributed by atoms with E-state index in [1.807, 2.05) is 30.3 Å². The number of carbonyl (C=O) groups excluding carboxylic acids is 2. The summed E-state index contributed by atoms with van der Waals surface area (Å²) in [6.07, 6.45) is 0. The van der Waals surface area contributed by atoms with E-state index in [9.17, 15) is 14.7 Å². The molecule has 0 aromatic heterocycles. The van der Waals surface area contributed by atoms with Gasteiger partial charge in [-0.25, -0.2) is 0 Å². The fourth-order valence-electron chi connectivity index (χ4n) is 3.85. The normalized spacial score (nSPS) is 19.1. The monoisotopic (exact) mass is 433 g/mol. The third-order valence-electron chi connectivity index (χ3n) is 5.31. The number of anilines is 1. The van der Waals surface area contributed by atoms with E-state index in [0.29, 0.717) is 33.3 Å². The molecule has 1 saturated heterocycles. The number of aliphatic hydroxyl groups excluding tert-OH is 1. The molecule has 154 valence electrons. The number of nitrogens with zero attached hydrogens (tertiary/aromatic N) is 1. The molecule has 1 amide bonds. The van der Waals surface area contributed by atoms with Crippen LogP contribution in [0.3, 0.4) is 0 Å². The number of ether oxygens (including phenoxy) is 2. The average Bonchev–Trinajstić information content (AvgIpc) is 3.37. The van der Waals surface area contributed by atoms with E-state index in [2.05, 4.69) is 0 Å². The Balaban J connectivity index is 1.69. The minimum atomic E-state index is -0.798. The number of rotatable bonds is 3. The molecule has 2 aliphatic heterocycles. The molecule has 3 aromatic rings. The maximum Gasteiger partial charge on any atom is 0.300 e. The maximum atomic E-state index is 13.1. The molecule has 2 aliphatic rings. The Bertz CT molecular complexity index is 1220. The Morgan fingerprint density at radius 1 is 0.935 bits per heavy atom. The molecule has 5 rings (SSSR count). The summed E-state index contributed by atoms with van der Waals surface area (Å²) >= 11 is 6.00. The summed E-state index contributed by atoms with van der Waals surface area (Å²) in [4.78, 5) is 27.5. The minimum Gasteiger partial charge on any atom is -0.507 e. The Morgan fingerprint density at radius 3 is 2.39 bits per heavy atom. The zero-order valence-electron chi connectivity index (χ0n) is 16.1. The third-order valence-corrected chi connectivity index (χ3v) is 5.56. The van der Waals surface area contributed by atoms with Crippen LogP contribution in [0, 0.1) is 0 Å². The van der Waals surface area contributed by atoms with Crippen molar-refractivity contribution in [2.45, 2.75) is 6.04 Å². The van der Waals surface area contributed by atoms with Crippen molar-refractivity contribution < 1.29 is 24.2 Å². The van der Waals surface area contributed by atoms with Crippen LogP contribution in [0.1, 0.15) is 17.2 Å². The van der Waals surface area contributed by atoms with E-state index in [0.717, 1.165) is 0 Å². The van der Waals surface area contributed by atoms with Gasteiger partial charge in [0.2, 0.25) is 6.79 Å². The van der Waals surface area contributed by atoms with Crippen LogP contribution in [0.25, 0.3) is 5.76 Å². The number of aliphatic hydroxyl groups is 1. The summed E-state index contributed by atoms with van der Waals surface area (Å²) in [5, 5.41) is 11.7. The second-order valence-electron chi connectivity index (χ2n) is 7.12. The van der Waals surface area contributed by atoms with Gasteiger partial charge in [0.1, 0.15) is 5.76 Å². The van der Waals surface area contributed by atoms with Crippen LogP contribution in [-0.2, 0) is 9.59 Å². The van der Waals surface area contributed by atoms with Gasteiger partial charge in [-0.05, 0) is 48.0 Å². The van der Waals surface area contributed by atoms with Crippen molar-refractivity contribution in [3.05, 3.63) is 94.5 Å². The molecule has 0 aliphatic carbocycles. The Kier molecular flexibility index (Phi) is 4.64. The first-order valence-electron chi connectivity index (χ1n) is 9.56. The number of carbonyl (C=O) groups is 2. The molecule has 0 saturated carbocycles. The van der Waals surface area contributed by atoms with E-state index < -0.39 is 17.7 Å². The van der Waals surface area contributed by atoms with Crippen molar-refractivity contribution in [1.29, 1.82) is 0 Å². The zero-order chi connectivity index (χ0) is 21.5. The molecule has 1 fully saturated rings. The molecular weight excluding hydrogens is 418 g/mol. The lowest BCUT2D eigenvalue weighted by molar-refractivity contribution is -0.132. The highest BCUT2D eigenvalue weighted by Crippen LogP contribution is 2.43. The van der Waals surface area contributed by atoms with E-state index in [-0.39, 0.29) is 18.1 Å². The summed E-state index contributed by atoms with van der Waals surface area (Å²) in [7, 11) is 0. The van der Waals surface area contributed by atoms with Crippen molar-refractivity contribution >= 4 is 34.7 Å². The first kappa shape index (κ1) is 19.2. The molecule has 0 bridgehead atoms. The summed E-state index contributed by atoms with van der Waals surface area (Å²) in [6.45, 7) is 0.0878. The molecule has 7 heteroatoms. The number of fused-ring (bicyclic) bond motifs is 1. The van der Waals surface area contributed by atoms with Crippen LogP contribution in [-0.4, -0.2) is 23.6 Å². The summed E-state index contributed by atoms with van der Waals surface area (Å²) in [5.74, 6) is -0.746. The molecule has 1 N–H and O–H groups in total. The maximum absolute atomic E-state index is 13.1. The van der Waals surface area contributed by atoms with Gasteiger partial charge in [-0.3, -0.25) is 14.5 Å². The van der Waals surface area contributed by atoms with Crippen molar-refractivity contribution in [2.75, 3.05) is 11.7 Å². The molecule has 1 atom stereocenters. The predicted octanol–water partition coefficient (Wildman–Crippen LogP) is 4.70. The second kappa shape index (κ2) is 7.49. The number of Topliss-reactive ketones (excluding diaryl/α,β-unsaturated/α-hetero) is 1. The quantitative estimate of drug-likeness (QED) is 0.368. The topological polar surface area (TPSA) is 76.1 Å². The van der Waals surface area contributed by atoms with Gasteiger partial charge in [0.05, 0.1) is 11.6 Å². The summed E-state index contributed by atoms with van der Waals surface area (Å²) in [6, 6.07) is 19.8. The highest BCUT2D eigenvalue weighted by molar-refractivity contribution is 6.51. The number of amides is 1. The number of halogens is 1. The molecule has 0 radical (unpaired) electrons. The third kappa shape index (κ3) is 3.21. The molecule has 2 heterocycles. The molecular formula is C24H16ClNO5. The van der Waals surface area contributed by atoms with E-state index in [1.54, 1.807) is 42.5 Å². The van der Waals surface area contributed by atoms with Crippen LogP contribution in [0.15, 0.2) is 78.4 Å². The molecule has 3 aromatic carbocycles. The predicted molar refractivity (Wildman–Crippen MR) is 115 cm³/mol. The fraction of sp³-hybridized carbons (Fsp3) is 0.0833. The van der Waals surface area contributed by atoms with Gasteiger partial charge in [0.25, 0.3) is 11.7 Å². The average molecular weight is 434 g/mol. The zero-order valence-corrected chi connectivity index (χ0v) is 16.9. The van der Waals surface area contributed by atoms with Crippen molar-refractivity contribution in [1.82, 2.24) is 0 Å². The van der Waals surface area contributed by atoms with E-state index in [4.69, 9.17) is 21.1 Å². The van der Waals surface area contributed by atoms with Crippen LogP contribution in [0.2, 0.25) is 5.02 Å². The highest BCUT2D eigenvalue weighted by Gasteiger charge is 2.47. The Hall–Kier alpha value is -3.77. The SMILES string of the molecule is O=C1C(=O)N(c2ccc(Cl)cc2)C(c2ccccc2)/C1=C(/O)c1ccc2c(c1)OCO2. The number of ketones is 1. The highest BCUT2D eigenvalue weighted by atomic mass is 35.5. The summed E-state index contributed by atoms with van der Waals surface area (Å²) < 4.78 is 10.7. The van der Waals surface area contributed by atoms with Crippen molar-refractivity contribution in [2.24, 2.45) is 0 Å². The first-order valence-corrected chi connectivity index (χ1v) is 9.94. The number of hydrogen-bond acceptors (Lipinski definition) is 5. The van der Waals surface area contributed by atoms with E-state index >= 15 is 0 Å². The first-order chi connectivity index (χ1) is 15.0. The van der Waals surface area contributed by atoms with Crippen LogP contribution in [0.4, 0.5) is 5.69 Å². The van der Waals surface area contributed by atoms with Gasteiger partial charge in [0.15, 0.2) is 11.5 Å². The largest absolute Gasteiger partial charge is 0.507 e. The number of benzene rings is 3. The van der Waals surface area contributed by atoms with Gasteiger partial charge < -0.3 is 14.6 Å².